The molecular weight excluding hydrogens is 338 g/mol. The highest BCUT2D eigenvalue weighted by Gasteiger charge is 2.26. The van der Waals surface area contributed by atoms with Gasteiger partial charge in [-0.2, -0.15) is 5.10 Å². The molecule has 0 N–H and O–H groups in total. The van der Waals surface area contributed by atoms with Gasteiger partial charge in [-0.05, 0) is 50.9 Å². The molecule has 0 saturated carbocycles. The highest BCUT2D eigenvalue weighted by atomic mass is 15.4. The summed E-state index contributed by atoms with van der Waals surface area (Å²) in [6.07, 6.45) is 5.54. The molecule has 0 atom stereocenters. The first-order valence-corrected chi connectivity index (χ1v) is 9.76. The van der Waals surface area contributed by atoms with E-state index in [1.54, 1.807) is 17.3 Å². The molecule has 3 heterocycles. The minimum atomic E-state index is 0.482. The number of hydrogen-bond donors (Lipinski definition) is 0. The van der Waals surface area contributed by atoms with Gasteiger partial charge in [0.25, 0.3) is 0 Å². The Bertz CT molecular complexity index is 860. The molecular formula is C20H27N7. The van der Waals surface area contributed by atoms with E-state index in [9.17, 15) is 0 Å². The van der Waals surface area contributed by atoms with Crippen LogP contribution in [0.1, 0.15) is 48.5 Å². The van der Waals surface area contributed by atoms with Gasteiger partial charge in [0.1, 0.15) is 25.0 Å². The minimum absolute atomic E-state index is 0.482. The van der Waals surface area contributed by atoms with Gasteiger partial charge in [-0.25, -0.2) is 9.67 Å². The molecule has 3 aromatic rings. The summed E-state index contributed by atoms with van der Waals surface area (Å²) < 4.78 is 4.05. The van der Waals surface area contributed by atoms with E-state index in [4.69, 9.17) is 0 Å². The van der Waals surface area contributed by atoms with E-state index >= 15 is 0 Å². The van der Waals surface area contributed by atoms with Gasteiger partial charge in [0, 0.05) is 19.0 Å². The van der Waals surface area contributed by atoms with E-state index in [1.165, 1.54) is 11.1 Å². The Hall–Kier alpha value is -2.54. The monoisotopic (exact) mass is 365 g/mol. The van der Waals surface area contributed by atoms with Crippen molar-refractivity contribution in [1.82, 2.24) is 34.4 Å². The van der Waals surface area contributed by atoms with Crippen LogP contribution in [0, 0.1) is 6.92 Å². The van der Waals surface area contributed by atoms with E-state index in [2.05, 4.69) is 67.9 Å². The van der Waals surface area contributed by atoms with Crippen molar-refractivity contribution < 1.29 is 0 Å². The van der Waals surface area contributed by atoms with Crippen molar-refractivity contribution >= 4 is 0 Å². The molecule has 0 unspecified atom stereocenters. The first-order valence-electron chi connectivity index (χ1n) is 9.76. The Morgan fingerprint density at radius 2 is 1.89 bits per heavy atom. The summed E-state index contributed by atoms with van der Waals surface area (Å²) in [6, 6.07) is 8.68. The fourth-order valence-electron chi connectivity index (χ4n) is 3.95. The van der Waals surface area contributed by atoms with Gasteiger partial charge < -0.3 is 4.57 Å². The SMILES string of the molecule is CCn1c(Cn2cncn2)nnc1C1CCN(Cc2ccccc2C)CC1. The predicted molar refractivity (Wildman–Crippen MR) is 103 cm³/mol. The van der Waals surface area contributed by atoms with E-state index in [-0.39, 0.29) is 0 Å². The molecule has 2 aromatic heterocycles. The molecule has 0 amide bonds. The van der Waals surface area contributed by atoms with Crippen molar-refractivity contribution in [3.8, 4) is 0 Å². The number of rotatable bonds is 6. The average molecular weight is 365 g/mol. The fraction of sp³-hybridized carbons (Fsp3) is 0.500. The van der Waals surface area contributed by atoms with Gasteiger partial charge in [-0.1, -0.05) is 24.3 Å². The number of aromatic nitrogens is 6. The summed E-state index contributed by atoms with van der Waals surface area (Å²) in [5.41, 5.74) is 2.81. The molecule has 1 aromatic carbocycles. The van der Waals surface area contributed by atoms with Crippen LogP contribution in [-0.2, 0) is 19.6 Å². The molecule has 0 bridgehead atoms. The highest BCUT2D eigenvalue weighted by molar-refractivity contribution is 5.25. The molecule has 0 spiro atoms. The molecule has 0 aliphatic carbocycles. The number of piperidine rings is 1. The van der Waals surface area contributed by atoms with Gasteiger partial charge in [0.05, 0.1) is 0 Å². The Labute approximate surface area is 160 Å². The Kier molecular flexibility index (Phi) is 5.29. The van der Waals surface area contributed by atoms with Crippen LogP contribution in [0.4, 0.5) is 0 Å². The number of likely N-dealkylation sites (tertiary alicyclic amines) is 1. The van der Waals surface area contributed by atoms with Crippen LogP contribution in [0.3, 0.4) is 0 Å². The van der Waals surface area contributed by atoms with Crippen LogP contribution in [0.15, 0.2) is 36.9 Å². The molecule has 142 valence electrons. The normalized spacial score (nSPS) is 16.1. The summed E-state index contributed by atoms with van der Waals surface area (Å²) in [7, 11) is 0. The molecule has 1 aliphatic heterocycles. The molecule has 1 fully saturated rings. The van der Waals surface area contributed by atoms with Gasteiger partial charge in [0.15, 0.2) is 5.82 Å². The molecule has 0 radical (unpaired) electrons. The second kappa shape index (κ2) is 8.00. The smallest absolute Gasteiger partial charge is 0.154 e. The molecule has 1 aliphatic rings. The fourth-order valence-corrected chi connectivity index (χ4v) is 3.95. The molecule has 27 heavy (non-hydrogen) atoms. The molecule has 4 rings (SSSR count). The minimum Gasteiger partial charge on any atom is -0.313 e. The zero-order valence-corrected chi connectivity index (χ0v) is 16.1. The second-order valence-electron chi connectivity index (χ2n) is 7.29. The van der Waals surface area contributed by atoms with Crippen LogP contribution in [0.25, 0.3) is 0 Å². The van der Waals surface area contributed by atoms with Crippen LogP contribution in [0.2, 0.25) is 0 Å². The highest BCUT2D eigenvalue weighted by Crippen LogP contribution is 2.28. The summed E-state index contributed by atoms with van der Waals surface area (Å²) in [6.45, 7) is 9.11. The van der Waals surface area contributed by atoms with Crippen molar-refractivity contribution in [3.63, 3.8) is 0 Å². The van der Waals surface area contributed by atoms with E-state index in [0.29, 0.717) is 12.5 Å². The van der Waals surface area contributed by atoms with Crippen LogP contribution in [0.5, 0.6) is 0 Å². The average Bonchev–Trinajstić information content (AvgIpc) is 3.34. The predicted octanol–water partition coefficient (Wildman–Crippen LogP) is 2.63. The first-order chi connectivity index (χ1) is 13.2. The third-order valence-corrected chi connectivity index (χ3v) is 5.55. The Morgan fingerprint density at radius 3 is 2.59 bits per heavy atom. The van der Waals surface area contributed by atoms with Crippen molar-refractivity contribution in [2.75, 3.05) is 13.1 Å². The zero-order chi connectivity index (χ0) is 18.6. The lowest BCUT2D eigenvalue weighted by molar-refractivity contribution is 0.199. The molecule has 1 saturated heterocycles. The topological polar surface area (TPSA) is 64.7 Å². The summed E-state index contributed by atoms with van der Waals surface area (Å²) >= 11 is 0. The van der Waals surface area contributed by atoms with Crippen LogP contribution < -0.4 is 0 Å². The largest absolute Gasteiger partial charge is 0.313 e. The Morgan fingerprint density at radius 1 is 1.07 bits per heavy atom. The summed E-state index contributed by atoms with van der Waals surface area (Å²) in [5.74, 6) is 2.57. The third kappa shape index (κ3) is 3.93. The van der Waals surface area contributed by atoms with Crippen LogP contribution >= 0.6 is 0 Å². The summed E-state index contributed by atoms with van der Waals surface area (Å²) in [4.78, 5) is 6.57. The van der Waals surface area contributed by atoms with Crippen molar-refractivity contribution in [1.29, 1.82) is 0 Å². The van der Waals surface area contributed by atoms with Gasteiger partial charge >= 0.3 is 0 Å². The van der Waals surface area contributed by atoms with Crippen molar-refractivity contribution in [2.24, 2.45) is 0 Å². The van der Waals surface area contributed by atoms with Crippen molar-refractivity contribution in [2.45, 2.75) is 52.2 Å². The van der Waals surface area contributed by atoms with Gasteiger partial charge in [0.2, 0.25) is 0 Å². The number of aryl methyl sites for hydroxylation is 1. The quantitative estimate of drug-likeness (QED) is 0.672. The maximum atomic E-state index is 4.55. The molecule has 7 heteroatoms. The lowest BCUT2D eigenvalue weighted by Crippen LogP contribution is -2.33. The summed E-state index contributed by atoms with van der Waals surface area (Å²) in [5, 5.41) is 13.2. The second-order valence-corrected chi connectivity index (χ2v) is 7.29. The Balaban J connectivity index is 1.41. The molecule has 7 nitrogen and oxygen atoms in total. The lowest BCUT2D eigenvalue weighted by Gasteiger charge is -2.32. The van der Waals surface area contributed by atoms with Crippen LogP contribution in [-0.4, -0.2) is 47.5 Å². The number of benzene rings is 1. The van der Waals surface area contributed by atoms with Crippen molar-refractivity contribution in [3.05, 3.63) is 59.7 Å². The number of hydrogen-bond acceptors (Lipinski definition) is 5. The van der Waals surface area contributed by atoms with Gasteiger partial charge in [-0.15, -0.1) is 10.2 Å². The lowest BCUT2D eigenvalue weighted by atomic mass is 9.95. The standard InChI is InChI=1S/C20H27N7/c1-3-27-19(13-26-15-21-14-22-26)23-24-20(27)17-8-10-25(11-9-17)12-18-7-5-4-6-16(18)2/h4-7,14-15,17H,3,8-13H2,1-2H3. The first kappa shape index (κ1) is 17.9. The zero-order valence-electron chi connectivity index (χ0n) is 16.1. The third-order valence-electron chi connectivity index (χ3n) is 5.55. The van der Waals surface area contributed by atoms with E-state index < -0.39 is 0 Å². The maximum absolute atomic E-state index is 4.55. The van der Waals surface area contributed by atoms with E-state index in [1.807, 2.05) is 0 Å². The number of nitrogens with zero attached hydrogens (tertiary/aromatic N) is 7. The van der Waals surface area contributed by atoms with Gasteiger partial charge in [-0.3, -0.25) is 4.90 Å². The maximum Gasteiger partial charge on any atom is 0.154 e. The van der Waals surface area contributed by atoms with E-state index in [0.717, 1.165) is 50.7 Å².